The summed E-state index contributed by atoms with van der Waals surface area (Å²) in [6.07, 6.45) is 1.50. The van der Waals surface area contributed by atoms with Crippen LogP contribution in [0.25, 0.3) is 0 Å². The fourth-order valence-electron chi connectivity index (χ4n) is 2.88. The predicted molar refractivity (Wildman–Crippen MR) is 101 cm³/mol. The van der Waals surface area contributed by atoms with Crippen LogP contribution in [0.2, 0.25) is 0 Å². The predicted octanol–water partition coefficient (Wildman–Crippen LogP) is 0.890. The number of aryl methyl sites for hydroxylation is 1. The minimum Gasteiger partial charge on any atom is -0.481 e. The molecule has 0 radical (unpaired) electrons. The molecule has 1 aliphatic rings. The van der Waals surface area contributed by atoms with Gasteiger partial charge in [-0.05, 0) is 50.8 Å². The molecule has 1 aliphatic heterocycles. The first kappa shape index (κ1) is 21.2. The summed E-state index contributed by atoms with van der Waals surface area (Å²) < 4.78 is 30.2. The van der Waals surface area contributed by atoms with Crippen LogP contribution in [0.5, 0.6) is 5.75 Å². The van der Waals surface area contributed by atoms with Gasteiger partial charge >= 0.3 is 0 Å². The lowest BCUT2D eigenvalue weighted by Crippen LogP contribution is -2.52. The van der Waals surface area contributed by atoms with Crippen LogP contribution >= 0.6 is 0 Å². The van der Waals surface area contributed by atoms with Crippen molar-refractivity contribution in [2.24, 2.45) is 5.92 Å². The number of rotatable bonds is 5. The third-order valence-corrected chi connectivity index (χ3v) is 6.03. The molecule has 9 heteroatoms. The number of ether oxygens (including phenoxy) is 1. The zero-order chi connectivity index (χ0) is 20.2. The lowest BCUT2D eigenvalue weighted by molar-refractivity contribution is -0.134. The summed E-state index contributed by atoms with van der Waals surface area (Å²) in [6.45, 7) is 5.99. The summed E-state index contributed by atoms with van der Waals surface area (Å²) >= 11 is 0. The van der Waals surface area contributed by atoms with Crippen molar-refractivity contribution >= 4 is 21.8 Å². The summed E-state index contributed by atoms with van der Waals surface area (Å²) in [5, 5.41) is 0. The van der Waals surface area contributed by atoms with Crippen LogP contribution in [0.1, 0.15) is 30.9 Å². The number of carbonyl (C=O) groups is 2. The van der Waals surface area contributed by atoms with Crippen LogP contribution in [0.3, 0.4) is 0 Å². The van der Waals surface area contributed by atoms with Gasteiger partial charge in [0.15, 0.2) is 6.10 Å². The second-order valence-electron chi connectivity index (χ2n) is 6.90. The summed E-state index contributed by atoms with van der Waals surface area (Å²) in [5.41, 5.74) is 6.74. The van der Waals surface area contributed by atoms with Gasteiger partial charge in [0.2, 0.25) is 15.9 Å². The van der Waals surface area contributed by atoms with Crippen molar-refractivity contribution < 1.29 is 22.7 Å². The maximum atomic E-state index is 12.3. The summed E-state index contributed by atoms with van der Waals surface area (Å²) in [5.74, 6) is -0.778. The number of piperidine rings is 1. The Morgan fingerprint density at radius 3 is 2.63 bits per heavy atom. The molecule has 1 fully saturated rings. The number of carbonyl (C=O) groups excluding carboxylic acids is 2. The van der Waals surface area contributed by atoms with Crippen LogP contribution in [0, 0.1) is 19.8 Å². The molecule has 2 N–H and O–H groups in total. The zero-order valence-electron chi connectivity index (χ0n) is 16.1. The molecule has 0 aliphatic carbocycles. The monoisotopic (exact) mass is 397 g/mol. The lowest BCUT2D eigenvalue weighted by atomic mass is 9.99. The van der Waals surface area contributed by atoms with E-state index in [1.807, 2.05) is 26.0 Å². The second kappa shape index (κ2) is 8.71. The van der Waals surface area contributed by atoms with Gasteiger partial charge < -0.3 is 4.74 Å². The fraction of sp³-hybridized carbons (Fsp3) is 0.556. The normalized spacial score (nSPS) is 19.2. The summed E-state index contributed by atoms with van der Waals surface area (Å²) in [4.78, 5) is 24.5. The minimum atomic E-state index is -3.33. The average molecular weight is 397 g/mol. The number of sulfonamides is 1. The van der Waals surface area contributed by atoms with E-state index in [-0.39, 0.29) is 6.54 Å². The van der Waals surface area contributed by atoms with Gasteiger partial charge in [0.1, 0.15) is 5.75 Å². The Balaban J connectivity index is 1.87. The number of nitrogens with zero attached hydrogens (tertiary/aromatic N) is 1. The van der Waals surface area contributed by atoms with Crippen LogP contribution < -0.4 is 15.6 Å². The number of hydrogen-bond donors (Lipinski definition) is 2. The van der Waals surface area contributed by atoms with Crippen molar-refractivity contribution in [3.8, 4) is 5.75 Å². The van der Waals surface area contributed by atoms with Gasteiger partial charge in [0.25, 0.3) is 5.91 Å². The van der Waals surface area contributed by atoms with Gasteiger partial charge in [0, 0.05) is 13.1 Å². The molecule has 1 aromatic carbocycles. The number of nitrogens with one attached hydrogen (secondary N) is 2. The molecule has 8 nitrogen and oxygen atoms in total. The Morgan fingerprint density at radius 2 is 1.96 bits per heavy atom. The first-order valence-electron chi connectivity index (χ1n) is 8.87. The molecule has 0 spiro atoms. The van der Waals surface area contributed by atoms with Crippen molar-refractivity contribution in [3.63, 3.8) is 0 Å². The van der Waals surface area contributed by atoms with Crippen molar-refractivity contribution in [1.29, 1.82) is 0 Å². The summed E-state index contributed by atoms with van der Waals surface area (Å²) in [6, 6.07) is 5.59. The highest BCUT2D eigenvalue weighted by atomic mass is 32.2. The van der Waals surface area contributed by atoms with Gasteiger partial charge in [0.05, 0.1) is 12.2 Å². The van der Waals surface area contributed by atoms with Crippen LogP contribution in [-0.2, 0) is 19.6 Å². The van der Waals surface area contributed by atoms with Crippen molar-refractivity contribution in [2.75, 3.05) is 19.3 Å². The highest BCUT2D eigenvalue weighted by Crippen LogP contribution is 2.22. The molecule has 2 atom stereocenters. The maximum Gasteiger partial charge on any atom is 0.279 e. The van der Waals surface area contributed by atoms with E-state index in [0.717, 1.165) is 17.4 Å². The molecule has 0 saturated carbocycles. The van der Waals surface area contributed by atoms with Crippen LogP contribution in [0.4, 0.5) is 0 Å². The fourth-order valence-corrected chi connectivity index (χ4v) is 3.79. The quantitative estimate of drug-likeness (QED) is 0.718. The number of hydrazine groups is 1. The molecule has 1 heterocycles. The highest BCUT2D eigenvalue weighted by Gasteiger charge is 2.30. The molecule has 1 saturated heterocycles. The molecular formula is C18H27N3O5S. The number of amides is 2. The molecule has 27 heavy (non-hydrogen) atoms. The minimum absolute atomic E-state index is 0.120. The third kappa shape index (κ3) is 5.67. The molecule has 0 aromatic heterocycles. The van der Waals surface area contributed by atoms with Crippen molar-refractivity contribution in [2.45, 2.75) is 39.7 Å². The SMILES string of the molecule is Cc1cccc(OC(C)C(=O)NNC(=O)C2CCCN(S(C)(=O)=O)C2)c1C. The average Bonchev–Trinajstić information content (AvgIpc) is 2.62. The lowest BCUT2D eigenvalue weighted by Gasteiger charge is -2.30. The van der Waals surface area contributed by atoms with Gasteiger partial charge in [-0.2, -0.15) is 0 Å². The smallest absolute Gasteiger partial charge is 0.279 e. The molecule has 150 valence electrons. The molecular weight excluding hydrogens is 370 g/mol. The standard InChI is InChI=1S/C18H27N3O5S/c1-12-7-5-9-16(13(12)2)26-14(3)17(22)19-20-18(23)15-8-6-10-21(11-15)27(4,24)25/h5,7,9,14-15H,6,8,10-11H2,1-4H3,(H,19,22)(H,20,23). The van der Waals surface area contributed by atoms with E-state index in [4.69, 9.17) is 4.74 Å². The van der Waals surface area contributed by atoms with E-state index >= 15 is 0 Å². The van der Waals surface area contributed by atoms with Gasteiger partial charge in [-0.25, -0.2) is 12.7 Å². The third-order valence-electron chi connectivity index (χ3n) is 4.76. The van der Waals surface area contributed by atoms with Gasteiger partial charge in [-0.1, -0.05) is 12.1 Å². The van der Waals surface area contributed by atoms with Crippen molar-refractivity contribution in [3.05, 3.63) is 29.3 Å². The van der Waals surface area contributed by atoms with E-state index < -0.39 is 33.9 Å². The van der Waals surface area contributed by atoms with E-state index in [9.17, 15) is 18.0 Å². The molecule has 1 aromatic rings. The van der Waals surface area contributed by atoms with Crippen LogP contribution in [0.15, 0.2) is 18.2 Å². The van der Waals surface area contributed by atoms with E-state index in [1.54, 1.807) is 13.0 Å². The van der Waals surface area contributed by atoms with E-state index in [1.165, 1.54) is 4.31 Å². The zero-order valence-corrected chi connectivity index (χ0v) is 16.9. The highest BCUT2D eigenvalue weighted by molar-refractivity contribution is 7.88. The first-order valence-corrected chi connectivity index (χ1v) is 10.7. The van der Waals surface area contributed by atoms with E-state index in [2.05, 4.69) is 10.9 Å². The Morgan fingerprint density at radius 1 is 1.26 bits per heavy atom. The molecule has 2 rings (SSSR count). The molecule has 2 unspecified atom stereocenters. The first-order chi connectivity index (χ1) is 12.6. The Hall–Kier alpha value is -2.13. The largest absolute Gasteiger partial charge is 0.481 e. The molecule has 0 bridgehead atoms. The topological polar surface area (TPSA) is 105 Å². The Labute approximate surface area is 160 Å². The van der Waals surface area contributed by atoms with Crippen molar-refractivity contribution in [1.82, 2.24) is 15.2 Å². The number of benzene rings is 1. The van der Waals surface area contributed by atoms with E-state index in [0.29, 0.717) is 25.1 Å². The summed E-state index contributed by atoms with van der Waals surface area (Å²) in [7, 11) is -3.33. The Bertz CT molecular complexity index is 809. The molecule has 2 amide bonds. The van der Waals surface area contributed by atoms with Gasteiger partial charge in [-0.3, -0.25) is 20.4 Å². The van der Waals surface area contributed by atoms with Gasteiger partial charge in [-0.15, -0.1) is 0 Å². The second-order valence-corrected chi connectivity index (χ2v) is 8.88. The maximum absolute atomic E-state index is 12.3. The Kier molecular flexibility index (Phi) is 6.83. The number of hydrogen-bond acceptors (Lipinski definition) is 5. The van der Waals surface area contributed by atoms with Crippen LogP contribution in [-0.4, -0.2) is 50.0 Å².